The molecule has 0 atom stereocenters. The topological polar surface area (TPSA) is 50.2 Å². The fourth-order valence-corrected chi connectivity index (χ4v) is 4.39. The molecule has 1 aliphatic heterocycles. The first-order chi connectivity index (χ1) is 15.5. The van der Waals surface area contributed by atoms with E-state index in [0.717, 1.165) is 36.6 Å². The lowest BCUT2D eigenvalue weighted by Gasteiger charge is -2.27. The van der Waals surface area contributed by atoms with Crippen molar-refractivity contribution in [1.29, 1.82) is 0 Å². The van der Waals surface area contributed by atoms with Crippen LogP contribution in [0.5, 0.6) is 0 Å². The first kappa shape index (κ1) is 22.2. The number of likely N-dealkylation sites (tertiary alicyclic amines) is 1. The fourth-order valence-electron chi connectivity index (χ4n) is 4.39. The molecular formula is C26H31FN4O. The van der Waals surface area contributed by atoms with Crippen molar-refractivity contribution in [2.75, 3.05) is 13.1 Å². The maximum atomic E-state index is 13.3. The summed E-state index contributed by atoms with van der Waals surface area (Å²) in [5.74, 6) is -0.363. The van der Waals surface area contributed by atoms with Crippen LogP contribution in [0.2, 0.25) is 0 Å². The molecule has 6 heteroatoms. The monoisotopic (exact) mass is 434 g/mol. The van der Waals surface area contributed by atoms with Crippen molar-refractivity contribution in [3.63, 3.8) is 0 Å². The van der Waals surface area contributed by atoms with Gasteiger partial charge in [-0.2, -0.15) is 5.10 Å². The lowest BCUT2D eigenvalue weighted by atomic mass is 10.0. The number of halogens is 1. The summed E-state index contributed by atoms with van der Waals surface area (Å²) in [6.07, 6.45) is 5.44. The Labute approximate surface area is 189 Å². The van der Waals surface area contributed by atoms with Gasteiger partial charge in [-0.25, -0.2) is 9.07 Å². The molecule has 1 amide bonds. The van der Waals surface area contributed by atoms with E-state index in [2.05, 4.69) is 33.5 Å². The van der Waals surface area contributed by atoms with Crippen LogP contribution in [0.4, 0.5) is 4.39 Å². The minimum absolute atomic E-state index is 0.0784. The van der Waals surface area contributed by atoms with Crippen molar-refractivity contribution < 1.29 is 9.18 Å². The molecule has 0 unspecified atom stereocenters. The van der Waals surface area contributed by atoms with Gasteiger partial charge in [0.15, 0.2) is 0 Å². The number of hydrogen-bond donors (Lipinski definition) is 1. The van der Waals surface area contributed by atoms with Gasteiger partial charge in [0, 0.05) is 13.1 Å². The molecule has 32 heavy (non-hydrogen) atoms. The lowest BCUT2D eigenvalue weighted by Crippen LogP contribution is -2.30. The first-order valence-corrected chi connectivity index (χ1v) is 11.4. The van der Waals surface area contributed by atoms with E-state index >= 15 is 0 Å². The third-order valence-corrected chi connectivity index (χ3v) is 6.07. The quantitative estimate of drug-likeness (QED) is 0.566. The number of hydrogen-bond acceptors (Lipinski definition) is 3. The van der Waals surface area contributed by atoms with Gasteiger partial charge in [-0.15, -0.1) is 0 Å². The number of nitrogens with one attached hydrogen (secondary N) is 1. The molecule has 2 heterocycles. The zero-order valence-electron chi connectivity index (χ0n) is 18.9. The maximum absolute atomic E-state index is 13.3. The van der Waals surface area contributed by atoms with Crippen LogP contribution >= 0.6 is 0 Å². The highest BCUT2D eigenvalue weighted by molar-refractivity contribution is 5.95. The summed E-state index contributed by atoms with van der Waals surface area (Å²) >= 11 is 0. The standard InChI is InChI=1S/C26H31FN4O/c1-19(2)25-24(17-29-31(25)23-12-10-22(27)11-13-23)26(32)28-16-20-8-4-5-9-21(20)18-30-14-6-3-7-15-30/h4-5,8-13,17,19H,3,6-7,14-16,18H2,1-2H3,(H,28,32). The molecule has 1 aliphatic rings. The minimum atomic E-state index is -0.298. The highest BCUT2D eigenvalue weighted by Crippen LogP contribution is 2.24. The average Bonchev–Trinajstić information content (AvgIpc) is 3.25. The molecule has 4 rings (SSSR count). The largest absolute Gasteiger partial charge is 0.348 e. The minimum Gasteiger partial charge on any atom is -0.348 e. The van der Waals surface area contributed by atoms with Crippen LogP contribution in [0, 0.1) is 5.82 Å². The summed E-state index contributed by atoms with van der Waals surface area (Å²) in [4.78, 5) is 15.6. The highest BCUT2D eigenvalue weighted by atomic mass is 19.1. The van der Waals surface area contributed by atoms with Crippen LogP contribution in [0.15, 0.2) is 54.7 Å². The molecule has 0 bridgehead atoms. The molecule has 1 fully saturated rings. The van der Waals surface area contributed by atoms with E-state index in [1.54, 1.807) is 23.0 Å². The number of benzene rings is 2. The molecule has 1 aromatic heterocycles. The van der Waals surface area contributed by atoms with Crippen LogP contribution in [0.1, 0.15) is 66.2 Å². The van der Waals surface area contributed by atoms with Gasteiger partial charge in [0.1, 0.15) is 5.82 Å². The molecule has 5 nitrogen and oxygen atoms in total. The van der Waals surface area contributed by atoms with E-state index in [-0.39, 0.29) is 17.6 Å². The van der Waals surface area contributed by atoms with Crippen LogP contribution < -0.4 is 5.32 Å². The number of aromatic nitrogens is 2. The van der Waals surface area contributed by atoms with Gasteiger partial charge in [-0.3, -0.25) is 9.69 Å². The molecule has 0 spiro atoms. The number of carbonyl (C=O) groups is 1. The highest BCUT2D eigenvalue weighted by Gasteiger charge is 2.21. The van der Waals surface area contributed by atoms with Gasteiger partial charge in [-0.1, -0.05) is 44.5 Å². The number of piperidine rings is 1. The van der Waals surface area contributed by atoms with E-state index in [1.165, 1.54) is 37.0 Å². The third kappa shape index (κ3) is 5.07. The maximum Gasteiger partial charge on any atom is 0.255 e. The number of amides is 1. The molecule has 2 aromatic carbocycles. The fraction of sp³-hybridized carbons (Fsp3) is 0.385. The van der Waals surface area contributed by atoms with E-state index in [9.17, 15) is 9.18 Å². The molecular weight excluding hydrogens is 403 g/mol. The second kappa shape index (κ2) is 10.1. The molecule has 0 radical (unpaired) electrons. The predicted molar refractivity (Wildman–Crippen MR) is 124 cm³/mol. The normalized spacial score (nSPS) is 14.6. The van der Waals surface area contributed by atoms with E-state index in [4.69, 9.17) is 0 Å². The number of carbonyl (C=O) groups excluding carboxylic acids is 1. The Hall–Kier alpha value is -2.99. The zero-order chi connectivity index (χ0) is 22.5. The Morgan fingerprint density at radius 1 is 1.03 bits per heavy atom. The molecule has 0 saturated carbocycles. The van der Waals surface area contributed by atoms with Crippen molar-refractivity contribution in [3.8, 4) is 5.69 Å². The second-order valence-electron chi connectivity index (χ2n) is 8.77. The van der Waals surface area contributed by atoms with Gasteiger partial charge in [0.05, 0.1) is 23.1 Å². The van der Waals surface area contributed by atoms with Crippen molar-refractivity contribution in [2.24, 2.45) is 0 Å². The second-order valence-corrected chi connectivity index (χ2v) is 8.77. The number of nitrogens with zero attached hydrogens (tertiary/aromatic N) is 3. The van der Waals surface area contributed by atoms with Crippen LogP contribution in [-0.2, 0) is 13.1 Å². The molecule has 0 aliphatic carbocycles. The van der Waals surface area contributed by atoms with E-state index in [1.807, 2.05) is 19.9 Å². The molecule has 3 aromatic rings. The Morgan fingerprint density at radius 3 is 2.41 bits per heavy atom. The van der Waals surface area contributed by atoms with Gasteiger partial charge in [-0.05, 0) is 67.2 Å². The first-order valence-electron chi connectivity index (χ1n) is 11.4. The summed E-state index contributed by atoms with van der Waals surface area (Å²) < 4.78 is 15.1. The van der Waals surface area contributed by atoms with Crippen molar-refractivity contribution in [3.05, 3.63) is 82.9 Å². The van der Waals surface area contributed by atoms with Crippen LogP contribution in [0.3, 0.4) is 0 Å². The molecule has 1 saturated heterocycles. The van der Waals surface area contributed by atoms with Crippen LogP contribution in [-0.4, -0.2) is 33.7 Å². The van der Waals surface area contributed by atoms with Crippen LogP contribution in [0.25, 0.3) is 5.69 Å². The Kier molecular flexibility index (Phi) is 7.00. The Morgan fingerprint density at radius 2 is 1.72 bits per heavy atom. The summed E-state index contributed by atoms with van der Waals surface area (Å²) in [6.45, 7) is 7.74. The average molecular weight is 435 g/mol. The van der Waals surface area contributed by atoms with Gasteiger partial charge < -0.3 is 5.32 Å². The van der Waals surface area contributed by atoms with Gasteiger partial charge >= 0.3 is 0 Å². The SMILES string of the molecule is CC(C)c1c(C(=O)NCc2ccccc2CN2CCCCC2)cnn1-c1ccc(F)cc1. The van der Waals surface area contributed by atoms with Gasteiger partial charge in [0.2, 0.25) is 0 Å². The van der Waals surface area contributed by atoms with Crippen molar-refractivity contribution >= 4 is 5.91 Å². The predicted octanol–water partition coefficient (Wildman–Crippen LogP) is 5.05. The summed E-state index contributed by atoms with van der Waals surface area (Å²) in [7, 11) is 0. The van der Waals surface area contributed by atoms with Crippen molar-refractivity contribution in [2.45, 2.75) is 52.1 Å². The van der Waals surface area contributed by atoms with E-state index in [0.29, 0.717) is 12.1 Å². The summed E-state index contributed by atoms with van der Waals surface area (Å²) in [5.41, 5.74) is 4.51. The van der Waals surface area contributed by atoms with Gasteiger partial charge in [0.25, 0.3) is 5.91 Å². The van der Waals surface area contributed by atoms with Crippen molar-refractivity contribution in [1.82, 2.24) is 20.0 Å². The molecule has 1 N–H and O–H groups in total. The Bertz CT molecular complexity index is 1050. The smallest absolute Gasteiger partial charge is 0.255 e. The molecule has 168 valence electrons. The summed E-state index contributed by atoms with van der Waals surface area (Å²) in [5, 5.41) is 7.53. The zero-order valence-corrected chi connectivity index (χ0v) is 18.9. The Balaban J connectivity index is 1.50. The lowest BCUT2D eigenvalue weighted by molar-refractivity contribution is 0.0949. The van der Waals surface area contributed by atoms with E-state index < -0.39 is 0 Å². The number of rotatable bonds is 7. The summed E-state index contributed by atoms with van der Waals surface area (Å²) in [6, 6.07) is 14.5. The third-order valence-electron chi connectivity index (χ3n) is 6.07.